The zero-order valence-corrected chi connectivity index (χ0v) is 12.5. The number of aldehydes is 1. The van der Waals surface area contributed by atoms with Gasteiger partial charge in [-0.15, -0.1) is 0 Å². The van der Waals surface area contributed by atoms with Crippen LogP contribution in [0.3, 0.4) is 0 Å². The van der Waals surface area contributed by atoms with Crippen LogP contribution in [0.4, 0.5) is 0 Å². The Morgan fingerprint density at radius 3 is 2.61 bits per heavy atom. The van der Waals surface area contributed by atoms with Gasteiger partial charge in [0, 0.05) is 18.6 Å². The van der Waals surface area contributed by atoms with Crippen LogP contribution < -0.4 is 11.1 Å². The second-order valence-corrected chi connectivity index (χ2v) is 5.37. The van der Waals surface area contributed by atoms with E-state index >= 15 is 0 Å². The van der Waals surface area contributed by atoms with Gasteiger partial charge < -0.3 is 15.8 Å². The van der Waals surface area contributed by atoms with Gasteiger partial charge in [-0.1, -0.05) is 0 Å². The molecular weight excluding hydrogens is 226 g/mol. The molecule has 0 aromatic carbocycles. The maximum absolute atomic E-state index is 8.81. The van der Waals surface area contributed by atoms with Gasteiger partial charge in [0.1, 0.15) is 6.29 Å². The van der Waals surface area contributed by atoms with Crippen LogP contribution in [0.15, 0.2) is 0 Å². The minimum Gasteiger partial charge on any atom is -0.327 e. The Hall–Kier alpha value is -0.450. The normalized spacial score (nSPS) is 25.2. The molecule has 3 N–H and O–H groups in total. The molecule has 1 heterocycles. The van der Waals surface area contributed by atoms with E-state index in [1.165, 1.54) is 32.7 Å². The molecule has 1 fully saturated rings. The molecule has 1 rings (SSSR count). The van der Waals surface area contributed by atoms with Crippen molar-refractivity contribution >= 4 is 6.29 Å². The number of carbonyl (C=O) groups is 1. The predicted molar refractivity (Wildman–Crippen MR) is 77.7 cm³/mol. The number of nitrogens with zero attached hydrogens (tertiary/aromatic N) is 1. The Kier molecular flexibility index (Phi) is 10.2. The highest BCUT2D eigenvalue weighted by atomic mass is 16.1. The van der Waals surface area contributed by atoms with Gasteiger partial charge in [-0.2, -0.15) is 0 Å². The van der Waals surface area contributed by atoms with Crippen molar-refractivity contribution < 1.29 is 4.79 Å². The quantitative estimate of drug-likeness (QED) is 0.744. The zero-order chi connectivity index (χ0) is 14.0. The lowest BCUT2D eigenvalue weighted by Crippen LogP contribution is -2.39. The molecule has 1 saturated heterocycles. The summed E-state index contributed by atoms with van der Waals surface area (Å²) in [6, 6.07) is 1.01. The first-order chi connectivity index (χ1) is 8.54. The molecule has 2 atom stereocenters. The smallest absolute Gasteiger partial charge is 0.116 e. The summed E-state index contributed by atoms with van der Waals surface area (Å²) in [7, 11) is 2.02. The fraction of sp³-hybridized carbons (Fsp3) is 0.929. The third kappa shape index (κ3) is 7.80. The summed E-state index contributed by atoms with van der Waals surface area (Å²) in [5, 5.41) is 3.23. The van der Waals surface area contributed by atoms with E-state index in [0.717, 1.165) is 25.3 Å². The molecule has 108 valence electrons. The standard InChI is InChI=1S/C12H27N3.C2H4O/c1-10(2)15-7-5-11(4-6-14-3)8-12(13)9-15;1-2-3/h10-12,14H,4-9,13H2,1-3H3;2H,1H3. The van der Waals surface area contributed by atoms with Crippen LogP contribution in [0.25, 0.3) is 0 Å². The Morgan fingerprint density at radius 1 is 1.50 bits per heavy atom. The molecule has 0 bridgehead atoms. The minimum atomic E-state index is 0.372. The number of nitrogens with one attached hydrogen (secondary N) is 1. The molecule has 0 spiro atoms. The molecule has 0 saturated carbocycles. The third-order valence-corrected chi connectivity index (χ3v) is 3.46. The van der Waals surface area contributed by atoms with Crippen LogP contribution in [0, 0.1) is 5.92 Å². The van der Waals surface area contributed by atoms with Gasteiger partial charge in [0.2, 0.25) is 0 Å². The van der Waals surface area contributed by atoms with E-state index in [1.807, 2.05) is 7.05 Å². The SMILES string of the molecule is CC=O.CNCCC1CCN(C(C)C)CC(N)C1. The largest absolute Gasteiger partial charge is 0.327 e. The van der Waals surface area contributed by atoms with Crippen molar-refractivity contribution in [2.45, 2.75) is 52.1 Å². The van der Waals surface area contributed by atoms with Crippen LogP contribution in [0.5, 0.6) is 0 Å². The summed E-state index contributed by atoms with van der Waals surface area (Å²) in [6.07, 6.45) is 4.54. The lowest BCUT2D eigenvalue weighted by molar-refractivity contribution is -0.106. The summed E-state index contributed by atoms with van der Waals surface area (Å²) in [5.41, 5.74) is 6.16. The van der Waals surface area contributed by atoms with Crippen molar-refractivity contribution in [2.24, 2.45) is 11.7 Å². The topological polar surface area (TPSA) is 58.4 Å². The van der Waals surface area contributed by atoms with Crippen molar-refractivity contribution in [3.63, 3.8) is 0 Å². The van der Waals surface area contributed by atoms with Crippen molar-refractivity contribution in [2.75, 3.05) is 26.7 Å². The number of nitrogens with two attached hydrogens (primary N) is 1. The molecular formula is C14H31N3O. The maximum atomic E-state index is 8.81. The summed E-state index contributed by atoms with van der Waals surface area (Å²) < 4.78 is 0. The number of hydrogen-bond acceptors (Lipinski definition) is 4. The van der Waals surface area contributed by atoms with Crippen molar-refractivity contribution in [3.05, 3.63) is 0 Å². The van der Waals surface area contributed by atoms with Gasteiger partial charge in [0.05, 0.1) is 0 Å². The lowest BCUT2D eigenvalue weighted by atomic mass is 9.95. The number of rotatable bonds is 4. The fourth-order valence-corrected chi connectivity index (χ4v) is 2.44. The van der Waals surface area contributed by atoms with Crippen molar-refractivity contribution in [1.29, 1.82) is 0 Å². The van der Waals surface area contributed by atoms with E-state index in [1.54, 1.807) is 0 Å². The highest BCUT2D eigenvalue weighted by Gasteiger charge is 2.22. The van der Waals surface area contributed by atoms with Crippen molar-refractivity contribution in [3.8, 4) is 0 Å². The van der Waals surface area contributed by atoms with Gasteiger partial charge in [-0.3, -0.25) is 4.90 Å². The number of likely N-dealkylation sites (tertiary alicyclic amines) is 1. The highest BCUT2D eigenvalue weighted by molar-refractivity contribution is 5.44. The van der Waals surface area contributed by atoms with E-state index in [-0.39, 0.29) is 0 Å². The zero-order valence-electron chi connectivity index (χ0n) is 12.5. The van der Waals surface area contributed by atoms with Crippen LogP contribution in [0.1, 0.15) is 40.0 Å². The monoisotopic (exact) mass is 257 g/mol. The first-order valence-electron chi connectivity index (χ1n) is 7.09. The molecule has 18 heavy (non-hydrogen) atoms. The average Bonchev–Trinajstić information content (AvgIpc) is 2.49. The Morgan fingerprint density at radius 2 is 2.11 bits per heavy atom. The fourth-order valence-electron chi connectivity index (χ4n) is 2.44. The van der Waals surface area contributed by atoms with Gasteiger partial charge in [0.25, 0.3) is 0 Å². The van der Waals surface area contributed by atoms with E-state index < -0.39 is 0 Å². The Labute approximate surface area is 112 Å². The minimum absolute atomic E-state index is 0.372. The molecule has 1 aliphatic rings. The van der Waals surface area contributed by atoms with E-state index in [0.29, 0.717) is 12.1 Å². The molecule has 0 aromatic heterocycles. The van der Waals surface area contributed by atoms with Crippen LogP contribution in [-0.2, 0) is 4.79 Å². The molecule has 2 unspecified atom stereocenters. The van der Waals surface area contributed by atoms with Crippen LogP contribution in [-0.4, -0.2) is 50.0 Å². The molecule has 1 aliphatic heterocycles. The first kappa shape index (κ1) is 17.6. The third-order valence-electron chi connectivity index (χ3n) is 3.46. The first-order valence-corrected chi connectivity index (χ1v) is 7.09. The van der Waals surface area contributed by atoms with Crippen molar-refractivity contribution in [1.82, 2.24) is 10.2 Å². The molecule has 0 aliphatic carbocycles. The second-order valence-electron chi connectivity index (χ2n) is 5.37. The van der Waals surface area contributed by atoms with Gasteiger partial charge in [-0.05, 0) is 66.1 Å². The van der Waals surface area contributed by atoms with E-state index in [2.05, 4.69) is 24.1 Å². The van der Waals surface area contributed by atoms with Crippen LogP contribution >= 0.6 is 0 Å². The molecule has 4 nitrogen and oxygen atoms in total. The van der Waals surface area contributed by atoms with E-state index in [9.17, 15) is 0 Å². The number of hydrogen-bond donors (Lipinski definition) is 2. The summed E-state index contributed by atoms with van der Waals surface area (Å²) in [6.45, 7) is 9.40. The molecule has 0 radical (unpaired) electrons. The maximum Gasteiger partial charge on any atom is 0.116 e. The molecule has 4 heteroatoms. The Bertz CT molecular complexity index is 209. The van der Waals surface area contributed by atoms with Gasteiger partial charge >= 0.3 is 0 Å². The Balaban J connectivity index is 0.000000873. The molecule has 0 aromatic rings. The number of carbonyl (C=O) groups excluding carboxylic acids is 1. The lowest BCUT2D eigenvalue weighted by Gasteiger charge is -2.26. The average molecular weight is 257 g/mol. The summed E-state index contributed by atoms with van der Waals surface area (Å²) in [5.74, 6) is 0.816. The predicted octanol–water partition coefficient (Wildman–Crippen LogP) is 1.25. The van der Waals surface area contributed by atoms with E-state index in [4.69, 9.17) is 10.5 Å². The van der Waals surface area contributed by atoms with Gasteiger partial charge in [0.15, 0.2) is 0 Å². The van der Waals surface area contributed by atoms with Gasteiger partial charge in [-0.25, -0.2) is 0 Å². The molecule has 0 amide bonds. The summed E-state index contributed by atoms with van der Waals surface area (Å²) >= 11 is 0. The summed E-state index contributed by atoms with van der Waals surface area (Å²) in [4.78, 5) is 11.3. The van der Waals surface area contributed by atoms with Crippen LogP contribution in [0.2, 0.25) is 0 Å². The highest BCUT2D eigenvalue weighted by Crippen LogP contribution is 2.20. The second kappa shape index (κ2) is 10.5.